The number of likely N-dealkylation sites (tertiary alicyclic amines) is 1. The zero-order valence-electron chi connectivity index (χ0n) is 10.1. The molecule has 0 radical (unpaired) electrons. The third-order valence-electron chi connectivity index (χ3n) is 3.24. The number of halogens is 1. The number of carbonyl (C=O) groups is 1. The Morgan fingerprint density at radius 2 is 2.32 bits per heavy atom. The molecule has 7 heteroatoms. The van der Waals surface area contributed by atoms with E-state index in [1.165, 1.54) is 4.90 Å². The van der Waals surface area contributed by atoms with Gasteiger partial charge in [-0.1, -0.05) is 0 Å². The Labute approximate surface area is 108 Å². The van der Waals surface area contributed by atoms with Crippen LogP contribution < -0.4 is 0 Å². The number of non-ortho nitro benzene ring substituents is 1. The number of carbonyl (C=O) groups excluding carboxylic acids is 1. The summed E-state index contributed by atoms with van der Waals surface area (Å²) in [5.41, 5.74) is -0.654. The third-order valence-corrected chi connectivity index (χ3v) is 3.24. The summed E-state index contributed by atoms with van der Waals surface area (Å²) < 4.78 is 13.6. The topological polar surface area (TPSA) is 83.7 Å². The number of hydrogen-bond donors (Lipinski definition) is 1. The number of aliphatic hydroxyl groups is 1. The van der Waals surface area contributed by atoms with Crippen LogP contribution in [0.3, 0.4) is 0 Å². The summed E-state index contributed by atoms with van der Waals surface area (Å²) in [6.45, 7) is 0.231. The number of benzene rings is 1. The molecular formula is C12H13FN2O4. The van der Waals surface area contributed by atoms with Crippen molar-refractivity contribution in [3.63, 3.8) is 0 Å². The second-order valence-electron chi connectivity index (χ2n) is 4.40. The normalized spacial score (nSPS) is 18.6. The maximum atomic E-state index is 13.6. The van der Waals surface area contributed by atoms with E-state index in [2.05, 4.69) is 0 Å². The molecule has 1 aromatic rings. The zero-order chi connectivity index (χ0) is 14.0. The van der Waals surface area contributed by atoms with Gasteiger partial charge in [0.25, 0.3) is 11.6 Å². The minimum Gasteiger partial charge on any atom is -0.394 e. The van der Waals surface area contributed by atoms with Gasteiger partial charge in [-0.15, -0.1) is 0 Å². The van der Waals surface area contributed by atoms with Gasteiger partial charge in [-0.25, -0.2) is 4.39 Å². The van der Waals surface area contributed by atoms with Crippen LogP contribution in [0.25, 0.3) is 0 Å². The Morgan fingerprint density at radius 1 is 1.58 bits per heavy atom. The van der Waals surface area contributed by atoms with Crippen LogP contribution in [-0.4, -0.2) is 40.0 Å². The average Bonchev–Trinajstić information content (AvgIpc) is 2.86. The van der Waals surface area contributed by atoms with Crippen molar-refractivity contribution < 1.29 is 19.2 Å². The smallest absolute Gasteiger partial charge is 0.270 e. The van der Waals surface area contributed by atoms with Gasteiger partial charge in [0.05, 0.1) is 23.1 Å². The molecule has 0 unspecified atom stereocenters. The molecule has 19 heavy (non-hydrogen) atoms. The lowest BCUT2D eigenvalue weighted by molar-refractivity contribution is -0.384. The van der Waals surface area contributed by atoms with E-state index in [-0.39, 0.29) is 23.9 Å². The van der Waals surface area contributed by atoms with E-state index in [0.717, 1.165) is 24.6 Å². The van der Waals surface area contributed by atoms with Crippen LogP contribution in [0.1, 0.15) is 23.2 Å². The molecule has 102 valence electrons. The van der Waals surface area contributed by atoms with Crippen molar-refractivity contribution in [1.29, 1.82) is 0 Å². The van der Waals surface area contributed by atoms with Gasteiger partial charge in [0.1, 0.15) is 5.82 Å². The monoisotopic (exact) mass is 268 g/mol. The number of nitrogens with zero attached hydrogens (tertiary/aromatic N) is 2. The second-order valence-corrected chi connectivity index (χ2v) is 4.40. The highest BCUT2D eigenvalue weighted by molar-refractivity contribution is 5.95. The Hall–Kier alpha value is -2.02. The van der Waals surface area contributed by atoms with E-state index in [9.17, 15) is 19.3 Å². The molecule has 1 heterocycles. The van der Waals surface area contributed by atoms with E-state index < -0.39 is 16.6 Å². The largest absolute Gasteiger partial charge is 0.394 e. The Balaban J connectivity index is 2.32. The van der Waals surface area contributed by atoms with Crippen LogP contribution in [0.2, 0.25) is 0 Å². The van der Waals surface area contributed by atoms with Gasteiger partial charge in [0.15, 0.2) is 0 Å². The number of nitro benzene ring substituents is 1. The molecule has 1 aliphatic heterocycles. The van der Waals surface area contributed by atoms with E-state index in [1.807, 2.05) is 0 Å². The van der Waals surface area contributed by atoms with Crippen LogP contribution in [0, 0.1) is 15.9 Å². The van der Waals surface area contributed by atoms with Crippen molar-refractivity contribution in [1.82, 2.24) is 4.90 Å². The lowest BCUT2D eigenvalue weighted by Crippen LogP contribution is -2.38. The highest BCUT2D eigenvalue weighted by atomic mass is 19.1. The quantitative estimate of drug-likeness (QED) is 0.662. The van der Waals surface area contributed by atoms with Gasteiger partial charge in [0, 0.05) is 18.7 Å². The Bertz CT molecular complexity index is 520. The molecule has 0 saturated carbocycles. The molecule has 1 aliphatic rings. The van der Waals surface area contributed by atoms with Crippen LogP contribution in [0.4, 0.5) is 10.1 Å². The van der Waals surface area contributed by atoms with Crippen LogP contribution >= 0.6 is 0 Å². The molecule has 0 aliphatic carbocycles. The van der Waals surface area contributed by atoms with Gasteiger partial charge in [-0.2, -0.15) is 0 Å². The zero-order valence-corrected chi connectivity index (χ0v) is 10.1. The number of nitro groups is 1. The van der Waals surface area contributed by atoms with E-state index >= 15 is 0 Å². The summed E-state index contributed by atoms with van der Waals surface area (Å²) in [5.74, 6) is -1.41. The van der Waals surface area contributed by atoms with E-state index in [1.54, 1.807) is 0 Å². The first-order chi connectivity index (χ1) is 9.04. The molecule has 2 rings (SSSR count). The maximum Gasteiger partial charge on any atom is 0.270 e. The van der Waals surface area contributed by atoms with Gasteiger partial charge in [0.2, 0.25) is 0 Å². The van der Waals surface area contributed by atoms with Crippen molar-refractivity contribution in [2.24, 2.45) is 0 Å². The first-order valence-electron chi connectivity index (χ1n) is 5.90. The summed E-state index contributed by atoms with van der Waals surface area (Å²) >= 11 is 0. The first kappa shape index (κ1) is 13.4. The number of amides is 1. The van der Waals surface area contributed by atoms with Crippen molar-refractivity contribution in [2.75, 3.05) is 13.2 Å². The molecule has 0 aromatic heterocycles. The lowest BCUT2D eigenvalue weighted by atomic mass is 10.1. The fourth-order valence-corrected chi connectivity index (χ4v) is 2.24. The van der Waals surface area contributed by atoms with Crippen molar-refractivity contribution >= 4 is 11.6 Å². The molecule has 6 nitrogen and oxygen atoms in total. The summed E-state index contributed by atoms with van der Waals surface area (Å²) in [7, 11) is 0. The van der Waals surface area contributed by atoms with Crippen molar-refractivity contribution in [2.45, 2.75) is 18.9 Å². The number of rotatable bonds is 3. The lowest BCUT2D eigenvalue weighted by Gasteiger charge is -2.23. The van der Waals surface area contributed by atoms with E-state index in [0.29, 0.717) is 13.0 Å². The highest BCUT2D eigenvalue weighted by Gasteiger charge is 2.31. The molecule has 0 bridgehead atoms. The minimum absolute atomic E-state index is 0.192. The average molecular weight is 268 g/mol. The van der Waals surface area contributed by atoms with Gasteiger partial charge in [-0.3, -0.25) is 14.9 Å². The fourth-order valence-electron chi connectivity index (χ4n) is 2.24. The maximum absolute atomic E-state index is 13.6. The van der Waals surface area contributed by atoms with Crippen molar-refractivity contribution in [3.8, 4) is 0 Å². The molecule has 1 aromatic carbocycles. The number of hydrogen-bond acceptors (Lipinski definition) is 4. The summed E-state index contributed by atoms with van der Waals surface area (Å²) in [4.78, 5) is 23.5. The van der Waals surface area contributed by atoms with E-state index in [4.69, 9.17) is 5.11 Å². The van der Waals surface area contributed by atoms with Gasteiger partial charge >= 0.3 is 0 Å². The second kappa shape index (κ2) is 5.31. The fraction of sp³-hybridized carbons (Fsp3) is 0.417. The molecule has 1 fully saturated rings. The molecule has 1 N–H and O–H groups in total. The van der Waals surface area contributed by atoms with Gasteiger partial charge in [-0.05, 0) is 18.9 Å². The van der Waals surface area contributed by atoms with Crippen molar-refractivity contribution in [3.05, 3.63) is 39.7 Å². The first-order valence-corrected chi connectivity index (χ1v) is 5.90. The Kier molecular flexibility index (Phi) is 3.75. The van der Waals surface area contributed by atoms with Gasteiger partial charge < -0.3 is 10.0 Å². The molecular weight excluding hydrogens is 255 g/mol. The predicted octanol–water partition coefficient (Wildman–Crippen LogP) is 1.33. The Morgan fingerprint density at radius 3 is 2.95 bits per heavy atom. The minimum atomic E-state index is -0.792. The molecule has 1 amide bonds. The summed E-state index contributed by atoms with van der Waals surface area (Å²) in [5, 5.41) is 19.8. The third kappa shape index (κ3) is 2.55. The van der Waals surface area contributed by atoms with Crippen LogP contribution in [-0.2, 0) is 0 Å². The molecule has 1 saturated heterocycles. The standard InChI is InChI=1S/C12H13FN2O4/c13-11-4-3-8(15(18)19)6-10(11)12(17)14-5-1-2-9(14)7-16/h3-4,6,9,16H,1-2,5,7H2/t9-/m0/s1. The predicted molar refractivity (Wildman–Crippen MR) is 64.2 cm³/mol. The highest BCUT2D eigenvalue weighted by Crippen LogP contribution is 2.23. The SMILES string of the molecule is O=C(c1cc([N+](=O)[O-])ccc1F)N1CCC[C@H]1CO. The molecule has 1 atom stereocenters. The summed E-state index contributed by atoms with van der Waals surface area (Å²) in [6.07, 6.45) is 1.38. The summed E-state index contributed by atoms with van der Waals surface area (Å²) in [6, 6.07) is 2.52. The number of aliphatic hydroxyl groups excluding tert-OH is 1. The molecule has 0 spiro atoms. The van der Waals surface area contributed by atoms with Crippen LogP contribution in [0.5, 0.6) is 0 Å². The van der Waals surface area contributed by atoms with Crippen LogP contribution in [0.15, 0.2) is 18.2 Å².